The third-order valence-electron chi connectivity index (χ3n) is 2.47. The van der Waals surface area contributed by atoms with Gasteiger partial charge in [0, 0.05) is 25.6 Å². The van der Waals surface area contributed by atoms with Crippen molar-refractivity contribution in [3.8, 4) is 0 Å². The molecule has 5 heteroatoms. The molecule has 2 aromatic heterocycles. The molecule has 2 rings (SSSR count). The zero-order valence-electron chi connectivity index (χ0n) is 9.88. The van der Waals surface area contributed by atoms with Crippen LogP contribution in [0.4, 0.5) is 0 Å². The van der Waals surface area contributed by atoms with Crippen LogP contribution in [0.2, 0.25) is 5.02 Å². The second-order valence-electron chi connectivity index (χ2n) is 3.84. The van der Waals surface area contributed by atoms with E-state index < -0.39 is 0 Å². The monoisotopic (exact) mass is 261 g/mol. The molecule has 0 fully saturated rings. The molecule has 0 radical (unpaired) electrons. The lowest BCUT2D eigenvalue weighted by Gasteiger charge is -2.17. The Morgan fingerprint density at radius 2 is 2.17 bits per heavy atom. The van der Waals surface area contributed by atoms with Crippen molar-refractivity contribution in [3.63, 3.8) is 0 Å². The predicted octanol–water partition coefficient (Wildman–Crippen LogP) is 2.40. The van der Waals surface area contributed by atoms with Gasteiger partial charge in [0.2, 0.25) is 0 Å². The Hall–Kier alpha value is -1.94. The maximum Gasteiger partial charge on any atom is 0.255 e. The van der Waals surface area contributed by atoms with Gasteiger partial charge >= 0.3 is 0 Å². The van der Waals surface area contributed by atoms with Gasteiger partial charge in [-0.25, -0.2) is 0 Å². The lowest BCUT2D eigenvalue weighted by molar-refractivity contribution is 0.0783. The van der Waals surface area contributed by atoms with E-state index in [9.17, 15) is 4.79 Å². The van der Waals surface area contributed by atoms with Gasteiger partial charge in [0.15, 0.2) is 0 Å². The fraction of sp³-hybridized carbons (Fsp3) is 0.154. The molecule has 1 amide bonds. The second kappa shape index (κ2) is 5.60. The molecule has 92 valence electrons. The fourth-order valence-corrected chi connectivity index (χ4v) is 1.76. The number of carbonyl (C=O) groups is 1. The minimum Gasteiger partial charge on any atom is -0.336 e. The summed E-state index contributed by atoms with van der Waals surface area (Å²) < 4.78 is 0. The third kappa shape index (κ3) is 2.84. The van der Waals surface area contributed by atoms with Crippen LogP contribution in [-0.4, -0.2) is 27.8 Å². The van der Waals surface area contributed by atoms with Crippen LogP contribution in [0.3, 0.4) is 0 Å². The number of halogens is 1. The molecule has 4 nitrogen and oxygen atoms in total. The average molecular weight is 262 g/mol. The van der Waals surface area contributed by atoms with Crippen LogP contribution in [-0.2, 0) is 6.54 Å². The van der Waals surface area contributed by atoms with Crippen LogP contribution in [0.15, 0.2) is 42.9 Å². The van der Waals surface area contributed by atoms with Crippen molar-refractivity contribution in [1.29, 1.82) is 0 Å². The van der Waals surface area contributed by atoms with Gasteiger partial charge in [-0.15, -0.1) is 0 Å². The minimum absolute atomic E-state index is 0.145. The van der Waals surface area contributed by atoms with Crippen molar-refractivity contribution >= 4 is 17.5 Å². The van der Waals surface area contributed by atoms with Gasteiger partial charge in [0.25, 0.3) is 5.91 Å². The number of rotatable bonds is 3. The molecular formula is C13H12ClN3O. The van der Waals surface area contributed by atoms with Gasteiger partial charge in [-0.2, -0.15) is 0 Å². The molecule has 0 aromatic carbocycles. The van der Waals surface area contributed by atoms with E-state index in [2.05, 4.69) is 9.97 Å². The van der Waals surface area contributed by atoms with E-state index in [1.165, 1.54) is 6.20 Å². The Morgan fingerprint density at radius 3 is 2.83 bits per heavy atom. The van der Waals surface area contributed by atoms with Gasteiger partial charge in [0.1, 0.15) is 0 Å². The molecule has 0 aliphatic rings. The molecule has 0 bridgehead atoms. The Labute approximate surface area is 110 Å². The summed E-state index contributed by atoms with van der Waals surface area (Å²) in [5.74, 6) is -0.145. The average Bonchev–Trinajstić information content (AvgIpc) is 2.39. The van der Waals surface area contributed by atoms with Crippen molar-refractivity contribution in [2.24, 2.45) is 0 Å². The quantitative estimate of drug-likeness (QED) is 0.852. The number of pyridine rings is 2. The molecule has 2 heterocycles. The van der Waals surface area contributed by atoms with E-state index >= 15 is 0 Å². The number of hydrogen-bond donors (Lipinski definition) is 0. The summed E-state index contributed by atoms with van der Waals surface area (Å²) in [6.07, 6.45) is 4.71. The number of nitrogens with zero attached hydrogens (tertiary/aromatic N) is 3. The van der Waals surface area contributed by atoms with Crippen LogP contribution in [0.5, 0.6) is 0 Å². The first kappa shape index (κ1) is 12.5. The van der Waals surface area contributed by atoms with E-state index in [1.807, 2.05) is 18.2 Å². The van der Waals surface area contributed by atoms with Crippen LogP contribution < -0.4 is 0 Å². The molecule has 0 spiro atoms. The Balaban J connectivity index is 2.13. The smallest absolute Gasteiger partial charge is 0.255 e. The van der Waals surface area contributed by atoms with Crippen molar-refractivity contribution in [2.75, 3.05) is 7.05 Å². The maximum absolute atomic E-state index is 12.2. The van der Waals surface area contributed by atoms with Crippen molar-refractivity contribution in [3.05, 3.63) is 59.1 Å². The molecule has 0 N–H and O–H groups in total. The highest BCUT2D eigenvalue weighted by atomic mass is 35.5. The summed E-state index contributed by atoms with van der Waals surface area (Å²) >= 11 is 5.94. The first-order chi connectivity index (χ1) is 8.68. The highest BCUT2D eigenvalue weighted by molar-refractivity contribution is 6.33. The molecule has 2 aromatic rings. The number of amides is 1. The number of hydrogen-bond acceptors (Lipinski definition) is 3. The lowest BCUT2D eigenvalue weighted by atomic mass is 10.2. The normalized spacial score (nSPS) is 10.1. The van der Waals surface area contributed by atoms with Gasteiger partial charge in [-0.1, -0.05) is 17.7 Å². The standard InChI is InChI=1S/C13H12ClN3O/c1-17(9-10-4-2-3-6-16-10)13(18)11-5-7-15-8-12(11)14/h2-8H,9H2,1H3. The summed E-state index contributed by atoms with van der Waals surface area (Å²) in [5.41, 5.74) is 1.28. The number of carbonyl (C=O) groups excluding carboxylic acids is 1. The van der Waals surface area contributed by atoms with Crippen LogP contribution in [0.1, 0.15) is 16.1 Å². The van der Waals surface area contributed by atoms with E-state index in [0.29, 0.717) is 17.1 Å². The zero-order chi connectivity index (χ0) is 13.0. The van der Waals surface area contributed by atoms with Gasteiger partial charge in [-0.3, -0.25) is 14.8 Å². The Kier molecular flexibility index (Phi) is 3.89. The van der Waals surface area contributed by atoms with Gasteiger partial charge in [0.05, 0.1) is 22.8 Å². The zero-order valence-corrected chi connectivity index (χ0v) is 10.6. The highest BCUT2D eigenvalue weighted by Crippen LogP contribution is 2.15. The highest BCUT2D eigenvalue weighted by Gasteiger charge is 2.15. The summed E-state index contributed by atoms with van der Waals surface area (Å²) in [6, 6.07) is 7.21. The van der Waals surface area contributed by atoms with E-state index in [0.717, 1.165) is 5.69 Å². The summed E-state index contributed by atoms with van der Waals surface area (Å²) in [4.78, 5) is 21.8. The van der Waals surface area contributed by atoms with Crippen LogP contribution in [0.25, 0.3) is 0 Å². The molecule has 0 unspecified atom stereocenters. The molecule has 0 atom stereocenters. The lowest BCUT2D eigenvalue weighted by Crippen LogP contribution is -2.26. The van der Waals surface area contributed by atoms with Crippen molar-refractivity contribution in [2.45, 2.75) is 6.54 Å². The van der Waals surface area contributed by atoms with Crippen molar-refractivity contribution in [1.82, 2.24) is 14.9 Å². The fourth-order valence-electron chi connectivity index (χ4n) is 1.56. The van der Waals surface area contributed by atoms with Gasteiger partial charge < -0.3 is 4.90 Å². The molecule has 0 saturated heterocycles. The summed E-state index contributed by atoms with van der Waals surface area (Å²) in [5, 5.41) is 0.357. The predicted molar refractivity (Wildman–Crippen MR) is 69.3 cm³/mol. The molecule has 0 saturated carbocycles. The largest absolute Gasteiger partial charge is 0.336 e. The summed E-state index contributed by atoms with van der Waals surface area (Å²) in [6.45, 7) is 0.443. The minimum atomic E-state index is -0.145. The van der Waals surface area contributed by atoms with Crippen LogP contribution in [0, 0.1) is 0 Å². The van der Waals surface area contributed by atoms with Crippen molar-refractivity contribution < 1.29 is 4.79 Å². The third-order valence-corrected chi connectivity index (χ3v) is 2.78. The second-order valence-corrected chi connectivity index (χ2v) is 4.25. The van der Waals surface area contributed by atoms with Gasteiger partial charge in [-0.05, 0) is 18.2 Å². The SMILES string of the molecule is CN(Cc1ccccn1)C(=O)c1ccncc1Cl. The summed E-state index contributed by atoms with van der Waals surface area (Å²) in [7, 11) is 1.72. The van der Waals surface area contributed by atoms with E-state index in [1.54, 1.807) is 30.4 Å². The molecule has 0 aliphatic carbocycles. The topological polar surface area (TPSA) is 46.1 Å². The molecule has 18 heavy (non-hydrogen) atoms. The molecule has 0 aliphatic heterocycles. The molecular weight excluding hydrogens is 250 g/mol. The first-order valence-electron chi connectivity index (χ1n) is 5.43. The Bertz CT molecular complexity index is 545. The Morgan fingerprint density at radius 1 is 1.33 bits per heavy atom. The maximum atomic E-state index is 12.2. The van der Waals surface area contributed by atoms with E-state index in [-0.39, 0.29) is 5.91 Å². The number of aromatic nitrogens is 2. The van der Waals surface area contributed by atoms with Crippen LogP contribution >= 0.6 is 11.6 Å². The van der Waals surface area contributed by atoms with E-state index in [4.69, 9.17) is 11.6 Å². The first-order valence-corrected chi connectivity index (χ1v) is 5.81.